The van der Waals surface area contributed by atoms with Gasteiger partial charge in [-0.05, 0) is 32.2 Å². The molecular weight excluding hydrogens is 162 g/mol. The molecule has 1 N–H and O–H groups in total. The first-order chi connectivity index (χ1) is 6.45. The monoisotopic (exact) mass is 183 g/mol. The van der Waals surface area contributed by atoms with Crippen molar-refractivity contribution >= 4 is 0 Å². The summed E-state index contributed by atoms with van der Waals surface area (Å²) >= 11 is 0. The standard InChI is InChI=1S/C11H21NO/c1-2-6-11(7-3-1)13-9-10-5-4-8-12-10/h10-12H,1-9H2/t10-/m0/s1. The summed E-state index contributed by atoms with van der Waals surface area (Å²) in [6.45, 7) is 2.14. The van der Waals surface area contributed by atoms with Gasteiger partial charge in [-0.25, -0.2) is 0 Å². The van der Waals surface area contributed by atoms with Crippen LogP contribution < -0.4 is 5.32 Å². The van der Waals surface area contributed by atoms with E-state index in [1.165, 1.54) is 51.5 Å². The van der Waals surface area contributed by atoms with Crippen LogP contribution in [-0.2, 0) is 4.74 Å². The highest BCUT2D eigenvalue weighted by molar-refractivity contribution is 4.74. The summed E-state index contributed by atoms with van der Waals surface area (Å²) in [5, 5.41) is 3.47. The van der Waals surface area contributed by atoms with Crippen molar-refractivity contribution < 1.29 is 4.74 Å². The Kier molecular flexibility index (Phi) is 3.62. The van der Waals surface area contributed by atoms with Gasteiger partial charge in [0, 0.05) is 6.04 Å². The highest BCUT2D eigenvalue weighted by atomic mass is 16.5. The zero-order chi connectivity index (χ0) is 8.93. The maximum absolute atomic E-state index is 5.90. The van der Waals surface area contributed by atoms with Crippen LogP contribution in [0.25, 0.3) is 0 Å². The fourth-order valence-electron chi connectivity index (χ4n) is 2.38. The summed E-state index contributed by atoms with van der Waals surface area (Å²) in [7, 11) is 0. The lowest BCUT2D eigenvalue weighted by molar-refractivity contribution is 0.0184. The summed E-state index contributed by atoms with van der Waals surface area (Å²) < 4.78 is 5.90. The van der Waals surface area contributed by atoms with E-state index in [0.717, 1.165) is 6.61 Å². The molecular formula is C11H21NO. The predicted octanol–water partition coefficient (Wildman–Crippen LogP) is 2.09. The third-order valence-corrected chi connectivity index (χ3v) is 3.25. The van der Waals surface area contributed by atoms with Crippen LogP contribution in [0, 0.1) is 0 Å². The van der Waals surface area contributed by atoms with Gasteiger partial charge in [0.15, 0.2) is 0 Å². The van der Waals surface area contributed by atoms with E-state index in [9.17, 15) is 0 Å². The van der Waals surface area contributed by atoms with E-state index in [0.29, 0.717) is 12.1 Å². The van der Waals surface area contributed by atoms with E-state index in [-0.39, 0.29) is 0 Å². The van der Waals surface area contributed by atoms with Crippen molar-refractivity contribution in [2.45, 2.75) is 57.1 Å². The number of ether oxygens (including phenoxy) is 1. The number of rotatable bonds is 3. The highest BCUT2D eigenvalue weighted by Crippen LogP contribution is 2.20. The fraction of sp³-hybridized carbons (Fsp3) is 1.00. The van der Waals surface area contributed by atoms with Gasteiger partial charge in [0.1, 0.15) is 0 Å². The van der Waals surface area contributed by atoms with Crippen molar-refractivity contribution in [2.24, 2.45) is 0 Å². The van der Waals surface area contributed by atoms with Gasteiger partial charge >= 0.3 is 0 Å². The molecule has 13 heavy (non-hydrogen) atoms. The third-order valence-electron chi connectivity index (χ3n) is 3.25. The molecule has 0 amide bonds. The van der Waals surface area contributed by atoms with E-state index >= 15 is 0 Å². The normalized spacial score (nSPS) is 30.9. The summed E-state index contributed by atoms with van der Waals surface area (Å²) in [4.78, 5) is 0. The lowest BCUT2D eigenvalue weighted by atomic mass is 9.98. The minimum Gasteiger partial charge on any atom is -0.377 e. The van der Waals surface area contributed by atoms with E-state index < -0.39 is 0 Å². The van der Waals surface area contributed by atoms with Gasteiger partial charge in [0.25, 0.3) is 0 Å². The second-order valence-corrected chi connectivity index (χ2v) is 4.39. The molecule has 76 valence electrons. The van der Waals surface area contributed by atoms with Gasteiger partial charge in [0.05, 0.1) is 12.7 Å². The molecule has 2 heteroatoms. The molecule has 1 atom stereocenters. The highest BCUT2D eigenvalue weighted by Gasteiger charge is 2.18. The molecule has 1 saturated heterocycles. The lowest BCUT2D eigenvalue weighted by Gasteiger charge is -2.23. The van der Waals surface area contributed by atoms with Gasteiger partial charge in [0.2, 0.25) is 0 Å². The van der Waals surface area contributed by atoms with Crippen LogP contribution in [0.2, 0.25) is 0 Å². The van der Waals surface area contributed by atoms with Crippen LogP contribution >= 0.6 is 0 Å². The van der Waals surface area contributed by atoms with Crippen LogP contribution in [0.15, 0.2) is 0 Å². The van der Waals surface area contributed by atoms with Crippen LogP contribution in [0.1, 0.15) is 44.9 Å². The Balaban J connectivity index is 1.60. The van der Waals surface area contributed by atoms with E-state index in [2.05, 4.69) is 5.32 Å². The van der Waals surface area contributed by atoms with Crippen LogP contribution in [0.3, 0.4) is 0 Å². The summed E-state index contributed by atoms with van der Waals surface area (Å²) in [5.41, 5.74) is 0. The molecule has 0 aromatic carbocycles. The summed E-state index contributed by atoms with van der Waals surface area (Å²) in [6.07, 6.45) is 9.99. The zero-order valence-electron chi connectivity index (χ0n) is 8.43. The van der Waals surface area contributed by atoms with Crippen molar-refractivity contribution in [3.63, 3.8) is 0 Å². The van der Waals surface area contributed by atoms with Gasteiger partial charge in [-0.3, -0.25) is 0 Å². The topological polar surface area (TPSA) is 21.3 Å². The number of hydrogen-bond acceptors (Lipinski definition) is 2. The smallest absolute Gasteiger partial charge is 0.0623 e. The maximum Gasteiger partial charge on any atom is 0.0623 e. The largest absolute Gasteiger partial charge is 0.377 e. The molecule has 2 fully saturated rings. The van der Waals surface area contributed by atoms with Crippen LogP contribution in [0.5, 0.6) is 0 Å². The Morgan fingerprint density at radius 3 is 2.54 bits per heavy atom. The lowest BCUT2D eigenvalue weighted by Crippen LogP contribution is -2.30. The van der Waals surface area contributed by atoms with Crippen molar-refractivity contribution in [1.82, 2.24) is 5.32 Å². The fourth-order valence-corrected chi connectivity index (χ4v) is 2.38. The molecule has 1 saturated carbocycles. The molecule has 0 aromatic heterocycles. The van der Waals surface area contributed by atoms with Gasteiger partial charge in [-0.15, -0.1) is 0 Å². The Morgan fingerprint density at radius 2 is 1.85 bits per heavy atom. The quantitative estimate of drug-likeness (QED) is 0.723. The minimum atomic E-state index is 0.580. The molecule has 1 heterocycles. The molecule has 0 bridgehead atoms. The third kappa shape index (κ3) is 2.96. The van der Waals surface area contributed by atoms with Gasteiger partial charge in [-0.1, -0.05) is 19.3 Å². The maximum atomic E-state index is 5.90. The second kappa shape index (κ2) is 4.97. The Bertz CT molecular complexity index is 137. The van der Waals surface area contributed by atoms with Crippen molar-refractivity contribution in [2.75, 3.05) is 13.2 Å². The van der Waals surface area contributed by atoms with E-state index in [1.807, 2.05) is 0 Å². The molecule has 0 aromatic rings. The van der Waals surface area contributed by atoms with Crippen molar-refractivity contribution in [3.8, 4) is 0 Å². The average Bonchev–Trinajstić information content (AvgIpc) is 2.69. The molecule has 1 aliphatic carbocycles. The minimum absolute atomic E-state index is 0.580. The molecule has 1 aliphatic heterocycles. The average molecular weight is 183 g/mol. The first kappa shape index (κ1) is 9.47. The van der Waals surface area contributed by atoms with Crippen LogP contribution in [-0.4, -0.2) is 25.3 Å². The number of hydrogen-bond donors (Lipinski definition) is 1. The molecule has 2 nitrogen and oxygen atoms in total. The van der Waals surface area contributed by atoms with E-state index in [4.69, 9.17) is 4.74 Å². The first-order valence-electron chi connectivity index (χ1n) is 5.80. The van der Waals surface area contributed by atoms with Gasteiger partial charge < -0.3 is 10.1 Å². The SMILES string of the molecule is C1CCC(OC[C@@H]2CCCN2)CC1. The predicted molar refractivity (Wildman–Crippen MR) is 53.8 cm³/mol. The number of nitrogens with one attached hydrogen (secondary N) is 1. The Hall–Kier alpha value is -0.0800. The summed E-state index contributed by atoms with van der Waals surface area (Å²) in [5.74, 6) is 0. The Morgan fingerprint density at radius 1 is 1.00 bits per heavy atom. The van der Waals surface area contributed by atoms with Crippen molar-refractivity contribution in [3.05, 3.63) is 0 Å². The Labute approximate surface area is 81.0 Å². The van der Waals surface area contributed by atoms with Crippen LogP contribution in [0.4, 0.5) is 0 Å². The summed E-state index contributed by atoms with van der Waals surface area (Å²) in [6, 6.07) is 0.655. The molecule has 2 aliphatic rings. The van der Waals surface area contributed by atoms with Crippen molar-refractivity contribution in [1.29, 1.82) is 0 Å². The molecule has 0 radical (unpaired) electrons. The zero-order valence-corrected chi connectivity index (χ0v) is 8.43. The molecule has 0 unspecified atom stereocenters. The van der Waals surface area contributed by atoms with E-state index in [1.54, 1.807) is 0 Å². The second-order valence-electron chi connectivity index (χ2n) is 4.39. The van der Waals surface area contributed by atoms with Gasteiger partial charge in [-0.2, -0.15) is 0 Å². The first-order valence-corrected chi connectivity index (χ1v) is 5.80. The molecule has 2 rings (SSSR count). The molecule has 0 spiro atoms.